The smallest absolute Gasteiger partial charge is 0.271 e. The fourth-order valence-corrected chi connectivity index (χ4v) is 1.59. The number of carbonyl (C=O) groups is 1. The van der Waals surface area contributed by atoms with Crippen LogP contribution in [0, 0.1) is 11.7 Å². The summed E-state index contributed by atoms with van der Waals surface area (Å²) in [4.78, 5) is 11.8. The zero-order valence-corrected chi connectivity index (χ0v) is 11.9. The number of anilines is 2. The molecule has 5 nitrogen and oxygen atoms in total. The molecule has 0 radical (unpaired) electrons. The first kappa shape index (κ1) is 14.9. The molecule has 1 amide bonds. The Hall–Kier alpha value is -2.50. The summed E-state index contributed by atoms with van der Waals surface area (Å²) < 4.78 is 12.8. The van der Waals surface area contributed by atoms with Gasteiger partial charge in [0, 0.05) is 12.2 Å². The van der Waals surface area contributed by atoms with Gasteiger partial charge in [-0.3, -0.25) is 4.79 Å². The Balaban J connectivity index is 1.98. The molecule has 0 aliphatic carbocycles. The zero-order valence-electron chi connectivity index (χ0n) is 11.9. The van der Waals surface area contributed by atoms with Crippen LogP contribution in [0.1, 0.15) is 24.3 Å². The number of nitrogens with zero attached hydrogens (tertiary/aromatic N) is 2. The van der Waals surface area contributed by atoms with Crippen molar-refractivity contribution >= 4 is 17.4 Å². The molecule has 110 valence electrons. The summed E-state index contributed by atoms with van der Waals surface area (Å²) in [5.74, 6) is 0.316. The number of benzene rings is 1. The van der Waals surface area contributed by atoms with Gasteiger partial charge in [0.25, 0.3) is 5.91 Å². The average molecular weight is 288 g/mol. The van der Waals surface area contributed by atoms with Gasteiger partial charge in [-0.1, -0.05) is 13.8 Å². The van der Waals surface area contributed by atoms with Crippen molar-refractivity contribution in [1.82, 2.24) is 15.5 Å². The molecule has 0 atom stereocenters. The molecule has 2 N–H and O–H groups in total. The Bertz CT molecular complexity index is 596. The van der Waals surface area contributed by atoms with Gasteiger partial charge in [-0.2, -0.15) is 0 Å². The first-order valence-electron chi connectivity index (χ1n) is 6.69. The average Bonchev–Trinajstić information content (AvgIpc) is 2.48. The van der Waals surface area contributed by atoms with Crippen molar-refractivity contribution in [3.8, 4) is 0 Å². The van der Waals surface area contributed by atoms with Gasteiger partial charge in [-0.25, -0.2) is 4.39 Å². The quantitative estimate of drug-likeness (QED) is 0.887. The molecule has 0 aliphatic heterocycles. The fraction of sp³-hybridized carbons (Fsp3) is 0.267. The first-order valence-corrected chi connectivity index (χ1v) is 6.69. The number of nitrogens with one attached hydrogen (secondary N) is 2. The molecule has 0 fully saturated rings. The van der Waals surface area contributed by atoms with Crippen molar-refractivity contribution < 1.29 is 9.18 Å². The number of carbonyl (C=O) groups excluding carboxylic acids is 1. The minimum Gasteiger partial charge on any atom is -0.350 e. The normalized spacial score (nSPS) is 10.5. The topological polar surface area (TPSA) is 66.9 Å². The third-order valence-electron chi connectivity index (χ3n) is 2.68. The van der Waals surface area contributed by atoms with Crippen LogP contribution in [0.25, 0.3) is 0 Å². The summed E-state index contributed by atoms with van der Waals surface area (Å²) in [6.07, 6.45) is 0. The Morgan fingerprint density at radius 1 is 1.14 bits per heavy atom. The predicted octanol–water partition coefficient (Wildman–Crippen LogP) is 2.75. The van der Waals surface area contributed by atoms with Gasteiger partial charge in [0.1, 0.15) is 5.82 Å². The van der Waals surface area contributed by atoms with E-state index in [4.69, 9.17) is 0 Å². The highest BCUT2D eigenvalue weighted by Gasteiger charge is 2.08. The number of amides is 1. The molecule has 0 aliphatic rings. The van der Waals surface area contributed by atoms with Gasteiger partial charge in [0.15, 0.2) is 11.5 Å². The molecular weight excluding hydrogens is 271 g/mol. The van der Waals surface area contributed by atoms with Crippen LogP contribution in [0.5, 0.6) is 0 Å². The highest BCUT2D eigenvalue weighted by molar-refractivity contribution is 5.92. The fourth-order valence-electron chi connectivity index (χ4n) is 1.59. The largest absolute Gasteiger partial charge is 0.350 e. The molecule has 0 unspecified atom stereocenters. The third-order valence-corrected chi connectivity index (χ3v) is 2.68. The maximum absolute atomic E-state index is 12.8. The molecule has 21 heavy (non-hydrogen) atoms. The van der Waals surface area contributed by atoms with E-state index in [0.29, 0.717) is 24.0 Å². The summed E-state index contributed by atoms with van der Waals surface area (Å²) in [6.45, 7) is 4.62. The maximum atomic E-state index is 12.8. The summed E-state index contributed by atoms with van der Waals surface area (Å²) in [6, 6.07) is 9.14. The molecule has 2 aromatic rings. The van der Waals surface area contributed by atoms with Crippen molar-refractivity contribution in [3.05, 3.63) is 47.9 Å². The second kappa shape index (κ2) is 6.78. The summed E-state index contributed by atoms with van der Waals surface area (Å²) in [5.41, 5.74) is 0.961. The minimum atomic E-state index is -0.302. The minimum absolute atomic E-state index is 0.246. The van der Waals surface area contributed by atoms with Crippen LogP contribution in [-0.2, 0) is 0 Å². The van der Waals surface area contributed by atoms with E-state index in [1.165, 1.54) is 12.1 Å². The van der Waals surface area contributed by atoms with Gasteiger partial charge >= 0.3 is 0 Å². The van der Waals surface area contributed by atoms with E-state index in [0.717, 1.165) is 0 Å². The van der Waals surface area contributed by atoms with Gasteiger partial charge in [0.05, 0.1) is 0 Å². The van der Waals surface area contributed by atoms with Crippen molar-refractivity contribution in [2.45, 2.75) is 13.8 Å². The molecule has 6 heteroatoms. The van der Waals surface area contributed by atoms with Gasteiger partial charge in [-0.15, -0.1) is 10.2 Å². The van der Waals surface area contributed by atoms with E-state index in [2.05, 4.69) is 20.8 Å². The van der Waals surface area contributed by atoms with Crippen LogP contribution in [-0.4, -0.2) is 22.6 Å². The zero-order chi connectivity index (χ0) is 15.2. The van der Waals surface area contributed by atoms with Crippen molar-refractivity contribution in [1.29, 1.82) is 0 Å². The lowest BCUT2D eigenvalue weighted by molar-refractivity contribution is 0.0943. The highest BCUT2D eigenvalue weighted by Crippen LogP contribution is 2.14. The Labute approximate surface area is 122 Å². The van der Waals surface area contributed by atoms with Crippen LogP contribution < -0.4 is 10.6 Å². The number of halogens is 1. The summed E-state index contributed by atoms with van der Waals surface area (Å²) in [5, 5.41) is 13.5. The van der Waals surface area contributed by atoms with E-state index in [9.17, 15) is 9.18 Å². The van der Waals surface area contributed by atoms with Gasteiger partial charge < -0.3 is 10.6 Å². The standard InChI is InChI=1S/C15H17FN4O/c1-10(2)9-17-15(21)13-7-8-14(20-19-13)18-12-5-3-11(16)4-6-12/h3-8,10H,9H2,1-2H3,(H,17,21)(H,18,20). The van der Waals surface area contributed by atoms with Gasteiger partial charge in [0.2, 0.25) is 0 Å². The van der Waals surface area contributed by atoms with Crippen molar-refractivity contribution in [2.24, 2.45) is 5.92 Å². The maximum Gasteiger partial charge on any atom is 0.271 e. The molecule has 0 spiro atoms. The van der Waals surface area contributed by atoms with E-state index in [1.54, 1.807) is 24.3 Å². The second-order valence-corrected chi connectivity index (χ2v) is 5.04. The van der Waals surface area contributed by atoms with Crippen molar-refractivity contribution in [3.63, 3.8) is 0 Å². The van der Waals surface area contributed by atoms with Crippen LogP contribution in [0.2, 0.25) is 0 Å². The molecule has 1 aromatic heterocycles. The Morgan fingerprint density at radius 3 is 2.43 bits per heavy atom. The molecular formula is C15H17FN4O. The second-order valence-electron chi connectivity index (χ2n) is 5.04. The number of aromatic nitrogens is 2. The predicted molar refractivity (Wildman–Crippen MR) is 78.9 cm³/mol. The van der Waals surface area contributed by atoms with E-state index >= 15 is 0 Å². The van der Waals surface area contributed by atoms with Crippen LogP contribution in [0.4, 0.5) is 15.9 Å². The molecule has 2 rings (SSSR count). The summed E-state index contributed by atoms with van der Waals surface area (Å²) >= 11 is 0. The van der Waals surface area contributed by atoms with E-state index < -0.39 is 0 Å². The monoisotopic (exact) mass is 288 g/mol. The van der Waals surface area contributed by atoms with Crippen LogP contribution in [0.15, 0.2) is 36.4 Å². The molecule has 1 aromatic carbocycles. The molecule has 0 saturated carbocycles. The number of hydrogen-bond donors (Lipinski definition) is 2. The molecule has 0 bridgehead atoms. The van der Waals surface area contributed by atoms with Gasteiger partial charge in [-0.05, 0) is 42.3 Å². The lowest BCUT2D eigenvalue weighted by Crippen LogP contribution is -2.28. The van der Waals surface area contributed by atoms with Crippen LogP contribution in [0.3, 0.4) is 0 Å². The highest BCUT2D eigenvalue weighted by atomic mass is 19.1. The number of hydrogen-bond acceptors (Lipinski definition) is 4. The molecule has 1 heterocycles. The van der Waals surface area contributed by atoms with E-state index in [-0.39, 0.29) is 17.4 Å². The SMILES string of the molecule is CC(C)CNC(=O)c1ccc(Nc2ccc(F)cc2)nn1. The number of rotatable bonds is 5. The Kier molecular flexibility index (Phi) is 4.81. The lowest BCUT2D eigenvalue weighted by atomic mass is 10.2. The third kappa shape index (κ3) is 4.52. The van der Waals surface area contributed by atoms with E-state index in [1.807, 2.05) is 13.8 Å². The lowest BCUT2D eigenvalue weighted by Gasteiger charge is -2.08. The Morgan fingerprint density at radius 2 is 1.86 bits per heavy atom. The molecule has 0 saturated heterocycles. The van der Waals surface area contributed by atoms with Crippen molar-refractivity contribution in [2.75, 3.05) is 11.9 Å². The first-order chi connectivity index (χ1) is 10.0. The summed E-state index contributed by atoms with van der Waals surface area (Å²) in [7, 11) is 0. The van der Waals surface area contributed by atoms with Crippen LogP contribution >= 0.6 is 0 Å².